The van der Waals surface area contributed by atoms with Crippen molar-refractivity contribution in [2.45, 2.75) is 51.0 Å². The number of pyridine rings is 1. The first kappa shape index (κ1) is 21.1. The van der Waals surface area contributed by atoms with E-state index in [1.165, 1.54) is 0 Å². The summed E-state index contributed by atoms with van der Waals surface area (Å²) in [6.45, 7) is 1.97. The van der Waals surface area contributed by atoms with E-state index in [0.29, 0.717) is 5.56 Å². The molecule has 0 saturated heterocycles. The van der Waals surface area contributed by atoms with E-state index in [2.05, 4.69) is 21.2 Å². The van der Waals surface area contributed by atoms with Crippen LogP contribution in [0.2, 0.25) is 0 Å². The fourth-order valence-corrected chi connectivity index (χ4v) is 5.91. The number of rotatable bonds is 4. The molecule has 2 amide bonds. The number of nitrogens with zero attached hydrogens (tertiary/aromatic N) is 1. The van der Waals surface area contributed by atoms with Crippen molar-refractivity contribution in [3.05, 3.63) is 64.1 Å². The van der Waals surface area contributed by atoms with Crippen LogP contribution in [-0.4, -0.2) is 22.3 Å². The number of nitrogens with two attached hydrogens (primary N) is 1. The predicted octanol–water partition coefficient (Wildman–Crippen LogP) is 5.28. The zero-order valence-electron chi connectivity index (χ0n) is 18.1. The summed E-state index contributed by atoms with van der Waals surface area (Å²) >= 11 is 3.55. The van der Waals surface area contributed by atoms with Crippen molar-refractivity contribution in [3.63, 3.8) is 0 Å². The van der Waals surface area contributed by atoms with Crippen LogP contribution in [0.3, 0.4) is 0 Å². The summed E-state index contributed by atoms with van der Waals surface area (Å²) < 4.78 is 0.910. The highest BCUT2D eigenvalue weighted by atomic mass is 79.9. The topological polar surface area (TPSA) is 85.1 Å². The zero-order chi connectivity index (χ0) is 22.5. The maximum Gasteiger partial charge on any atom is 0.252 e. The van der Waals surface area contributed by atoms with Gasteiger partial charge in [-0.25, -0.2) is 4.98 Å². The Bertz CT molecular complexity index is 1210. The number of carbonyl (C=O) groups excluding carboxylic acids is 2. The molecule has 3 aliphatic rings. The number of fused-ring (bicyclic) bond motifs is 4. The fraction of sp³-hybridized carbons (Fsp3) is 0.346. The molecule has 3 saturated carbocycles. The van der Waals surface area contributed by atoms with E-state index in [1.807, 2.05) is 55.5 Å². The van der Waals surface area contributed by atoms with Gasteiger partial charge < -0.3 is 11.1 Å². The van der Waals surface area contributed by atoms with Crippen LogP contribution in [0, 0.1) is 12.3 Å². The van der Waals surface area contributed by atoms with Crippen molar-refractivity contribution < 1.29 is 9.59 Å². The lowest BCUT2D eigenvalue weighted by molar-refractivity contribution is -0.134. The minimum absolute atomic E-state index is 0.0707. The van der Waals surface area contributed by atoms with Crippen molar-refractivity contribution in [3.8, 4) is 11.3 Å². The van der Waals surface area contributed by atoms with Gasteiger partial charge in [0, 0.05) is 26.4 Å². The van der Waals surface area contributed by atoms with Gasteiger partial charge in [0.25, 0.3) is 5.91 Å². The highest BCUT2D eigenvalue weighted by Crippen LogP contribution is 2.52. The standard InChI is InChI=1S/C26H26BrN3O2/c1-16-21(23(31)30-26-12-9-25(10-13-26,11-14-26)24(28)32)19-15-18(27)7-8-20(19)29-22(16)17-5-3-2-4-6-17/h2-8,15H,9-14H2,1H3,(H2,28,32)(H,30,31). The van der Waals surface area contributed by atoms with Crippen LogP contribution in [0.4, 0.5) is 0 Å². The Morgan fingerprint density at radius 1 is 1.00 bits per heavy atom. The smallest absolute Gasteiger partial charge is 0.252 e. The normalized spacial score (nSPS) is 24.4. The van der Waals surface area contributed by atoms with Crippen LogP contribution in [-0.2, 0) is 4.79 Å². The molecule has 6 rings (SSSR count). The highest BCUT2D eigenvalue weighted by molar-refractivity contribution is 9.10. The molecule has 32 heavy (non-hydrogen) atoms. The predicted molar refractivity (Wildman–Crippen MR) is 129 cm³/mol. The summed E-state index contributed by atoms with van der Waals surface area (Å²) in [5, 5.41) is 4.23. The minimum atomic E-state index is -0.378. The van der Waals surface area contributed by atoms with Crippen LogP contribution in [0.25, 0.3) is 22.2 Å². The maximum absolute atomic E-state index is 13.8. The molecule has 3 N–H and O–H groups in total. The van der Waals surface area contributed by atoms with E-state index in [9.17, 15) is 9.59 Å². The molecule has 2 bridgehead atoms. The number of amides is 2. The van der Waals surface area contributed by atoms with E-state index in [4.69, 9.17) is 10.7 Å². The highest BCUT2D eigenvalue weighted by Gasteiger charge is 2.52. The Balaban J connectivity index is 1.56. The fourth-order valence-electron chi connectivity index (χ4n) is 5.55. The first-order valence-corrected chi connectivity index (χ1v) is 11.9. The number of halogens is 1. The van der Waals surface area contributed by atoms with E-state index < -0.39 is 0 Å². The number of benzene rings is 2. The molecule has 164 valence electrons. The largest absolute Gasteiger partial charge is 0.369 e. The summed E-state index contributed by atoms with van der Waals surface area (Å²) in [6.07, 6.45) is 4.62. The Morgan fingerprint density at radius 2 is 1.66 bits per heavy atom. The van der Waals surface area contributed by atoms with Gasteiger partial charge >= 0.3 is 0 Å². The van der Waals surface area contributed by atoms with Crippen molar-refractivity contribution in [2.75, 3.05) is 0 Å². The lowest BCUT2D eigenvalue weighted by Crippen LogP contribution is -2.59. The van der Waals surface area contributed by atoms with Crippen molar-refractivity contribution in [2.24, 2.45) is 11.1 Å². The van der Waals surface area contributed by atoms with Crippen molar-refractivity contribution in [1.29, 1.82) is 0 Å². The van der Waals surface area contributed by atoms with E-state index in [-0.39, 0.29) is 22.8 Å². The summed E-state index contributed by atoms with van der Waals surface area (Å²) in [4.78, 5) is 30.7. The molecule has 1 aromatic heterocycles. The lowest BCUT2D eigenvalue weighted by atomic mass is 9.57. The first-order chi connectivity index (χ1) is 15.3. The second-order valence-corrected chi connectivity index (χ2v) is 10.3. The molecule has 3 aliphatic carbocycles. The molecule has 2 aromatic carbocycles. The Kier molecular flexibility index (Phi) is 5.08. The Labute approximate surface area is 195 Å². The molecule has 0 unspecified atom stereocenters. The number of carbonyl (C=O) groups is 2. The summed E-state index contributed by atoms with van der Waals surface area (Å²) in [5.74, 6) is -0.260. The molecule has 0 radical (unpaired) electrons. The van der Waals surface area contributed by atoms with Crippen LogP contribution in [0.15, 0.2) is 53.0 Å². The molecule has 0 aliphatic heterocycles. The van der Waals surface area contributed by atoms with Crippen LogP contribution >= 0.6 is 15.9 Å². The zero-order valence-corrected chi connectivity index (χ0v) is 19.7. The molecule has 1 heterocycles. The number of hydrogen-bond acceptors (Lipinski definition) is 3. The van der Waals surface area contributed by atoms with Gasteiger partial charge in [0.15, 0.2) is 0 Å². The van der Waals surface area contributed by atoms with Gasteiger partial charge in [0.2, 0.25) is 5.91 Å². The number of primary amides is 1. The number of hydrogen-bond donors (Lipinski definition) is 2. The monoisotopic (exact) mass is 491 g/mol. The van der Waals surface area contributed by atoms with Gasteiger partial charge in [-0.2, -0.15) is 0 Å². The van der Waals surface area contributed by atoms with E-state index in [1.54, 1.807) is 0 Å². The molecule has 0 spiro atoms. The lowest BCUT2D eigenvalue weighted by Gasteiger charge is -2.52. The third kappa shape index (κ3) is 3.41. The van der Waals surface area contributed by atoms with Crippen molar-refractivity contribution in [1.82, 2.24) is 10.3 Å². The third-order valence-corrected chi connectivity index (χ3v) is 8.11. The molecule has 6 heteroatoms. The van der Waals surface area contributed by atoms with Crippen LogP contribution in [0.5, 0.6) is 0 Å². The Hall–Kier alpha value is -2.73. The maximum atomic E-state index is 13.8. The minimum Gasteiger partial charge on any atom is -0.369 e. The van der Waals surface area contributed by atoms with E-state index in [0.717, 1.165) is 70.7 Å². The summed E-state index contributed by atoms with van der Waals surface area (Å²) in [7, 11) is 0. The molecular weight excluding hydrogens is 466 g/mol. The van der Waals surface area contributed by atoms with Crippen molar-refractivity contribution >= 4 is 38.6 Å². The Morgan fingerprint density at radius 3 is 2.28 bits per heavy atom. The van der Waals surface area contributed by atoms with E-state index >= 15 is 0 Å². The molecule has 0 atom stereocenters. The van der Waals surface area contributed by atoms with Gasteiger partial charge in [-0.15, -0.1) is 0 Å². The third-order valence-electron chi connectivity index (χ3n) is 7.61. The average Bonchev–Trinajstić information content (AvgIpc) is 2.80. The van der Waals surface area contributed by atoms with Gasteiger partial charge in [0.05, 0.1) is 16.8 Å². The quantitative estimate of drug-likeness (QED) is 0.520. The second-order valence-electron chi connectivity index (χ2n) is 9.37. The average molecular weight is 492 g/mol. The van der Waals surface area contributed by atoms with Gasteiger partial charge in [-0.1, -0.05) is 46.3 Å². The van der Waals surface area contributed by atoms with Gasteiger partial charge in [-0.3, -0.25) is 9.59 Å². The summed E-state index contributed by atoms with van der Waals surface area (Å²) in [6, 6.07) is 15.8. The second kappa shape index (κ2) is 7.69. The molecular formula is C26H26BrN3O2. The number of nitrogens with one attached hydrogen (secondary N) is 1. The molecule has 3 aromatic rings. The van der Waals surface area contributed by atoms with Gasteiger partial charge in [0.1, 0.15) is 0 Å². The molecule has 5 nitrogen and oxygen atoms in total. The van der Waals surface area contributed by atoms with Crippen LogP contribution in [0.1, 0.15) is 54.4 Å². The van der Waals surface area contributed by atoms with Crippen LogP contribution < -0.4 is 11.1 Å². The van der Waals surface area contributed by atoms with Gasteiger partial charge in [-0.05, 0) is 69.2 Å². The first-order valence-electron chi connectivity index (χ1n) is 11.1. The molecule has 3 fully saturated rings. The summed E-state index contributed by atoms with van der Waals surface area (Å²) in [5.41, 5.74) is 9.20. The number of aromatic nitrogens is 1. The SMILES string of the molecule is Cc1c(-c2ccccc2)nc2ccc(Br)cc2c1C(=O)NC12CCC(C(N)=O)(CC1)CC2.